The molecule has 0 saturated heterocycles. The van der Waals surface area contributed by atoms with Crippen LogP contribution in [0.15, 0.2) is 24.3 Å². The van der Waals surface area contributed by atoms with Crippen LogP contribution in [0.25, 0.3) is 0 Å². The van der Waals surface area contributed by atoms with Crippen molar-refractivity contribution in [1.82, 2.24) is 5.32 Å². The molecule has 0 atom stereocenters. The van der Waals surface area contributed by atoms with E-state index in [0.29, 0.717) is 6.61 Å². The topological polar surface area (TPSA) is 30.5 Å². The van der Waals surface area contributed by atoms with Gasteiger partial charge in [-0.25, -0.2) is 0 Å². The lowest BCUT2D eigenvalue weighted by Crippen LogP contribution is -2.18. The predicted molar refractivity (Wildman–Crippen MR) is 64.4 cm³/mol. The summed E-state index contributed by atoms with van der Waals surface area (Å²) in [5, 5.41) is 3.27. The van der Waals surface area contributed by atoms with Gasteiger partial charge in [-0.15, -0.1) is 6.42 Å². The smallest absolute Gasteiger partial charge is 0.148 e. The lowest BCUT2D eigenvalue weighted by molar-refractivity contribution is 0.199. The number of hydrogen-bond acceptors (Lipinski definition) is 3. The lowest BCUT2D eigenvalue weighted by atomic mass is 10.2. The number of rotatable bonds is 7. The van der Waals surface area contributed by atoms with Gasteiger partial charge in [-0.2, -0.15) is 0 Å². The van der Waals surface area contributed by atoms with Gasteiger partial charge in [0.05, 0.1) is 6.61 Å². The molecule has 0 spiro atoms. The second-order valence-corrected chi connectivity index (χ2v) is 3.31. The summed E-state index contributed by atoms with van der Waals surface area (Å²) in [6, 6.07) is 7.88. The second-order valence-electron chi connectivity index (χ2n) is 3.31. The Morgan fingerprint density at radius 1 is 1.31 bits per heavy atom. The SMILES string of the molecule is C#CCOc1ccc(CNCCOC)cc1. The van der Waals surface area contributed by atoms with Gasteiger partial charge in [-0.3, -0.25) is 0 Å². The maximum absolute atomic E-state index is 5.28. The van der Waals surface area contributed by atoms with E-state index in [-0.39, 0.29) is 0 Å². The van der Waals surface area contributed by atoms with Crippen molar-refractivity contribution >= 4 is 0 Å². The predicted octanol–water partition coefficient (Wildman–Crippen LogP) is 1.43. The lowest BCUT2D eigenvalue weighted by Gasteiger charge is -2.06. The van der Waals surface area contributed by atoms with Crippen molar-refractivity contribution in [3.63, 3.8) is 0 Å². The third kappa shape index (κ3) is 4.83. The maximum atomic E-state index is 5.28. The zero-order chi connectivity index (χ0) is 11.6. The maximum Gasteiger partial charge on any atom is 0.148 e. The van der Waals surface area contributed by atoms with Gasteiger partial charge in [0.15, 0.2) is 0 Å². The van der Waals surface area contributed by atoms with Crippen LogP contribution in [0, 0.1) is 12.3 Å². The van der Waals surface area contributed by atoms with E-state index < -0.39 is 0 Å². The Labute approximate surface area is 96.8 Å². The molecule has 0 unspecified atom stereocenters. The van der Waals surface area contributed by atoms with Crippen molar-refractivity contribution < 1.29 is 9.47 Å². The molecule has 0 aliphatic rings. The Hall–Kier alpha value is -1.50. The fourth-order valence-electron chi connectivity index (χ4n) is 1.24. The minimum Gasteiger partial charge on any atom is -0.481 e. The Kier molecular flexibility index (Phi) is 6.09. The number of benzene rings is 1. The molecule has 0 bridgehead atoms. The normalized spacial score (nSPS) is 9.75. The van der Waals surface area contributed by atoms with Crippen molar-refractivity contribution in [3.05, 3.63) is 29.8 Å². The van der Waals surface area contributed by atoms with Crippen molar-refractivity contribution in [1.29, 1.82) is 0 Å². The van der Waals surface area contributed by atoms with E-state index in [1.807, 2.05) is 24.3 Å². The van der Waals surface area contributed by atoms with Gasteiger partial charge in [-0.05, 0) is 17.7 Å². The number of nitrogens with one attached hydrogen (secondary N) is 1. The second kappa shape index (κ2) is 7.75. The molecule has 1 aromatic carbocycles. The van der Waals surface area contributed by atoms with E-state index in [1.54, 1.807) is 7.11 Å². The Morgan fingerprint density at radius 2 is 2.06 bits per heavy atom. The summed E-state index contributed by atoms with van der Waals surface area (Å²) in [5.41, 5.74) is 1.21. The van der Waals surface area contributed by atoms with E-state index in [2.05, 4.69) is 11.2 Å². The van der Waals surface area contributed by atoms with Crippen LogP contribution in [0.4, 0.5) is 0 Å². The van der Waals surface area contributed by atoms with Crippen LogP contribution < -0.4 is 10.1 Å². The molecule has 3 heteroatoms. The molecule has 0 aromatic heterocycles. The molecule has 1 rings (SSSR count). The van der Waals surface area contributed by atoms with Gasteiger partial charge in [0, 0.05) is 20.2 Å². The van der Waals surface area contributed by atoms with Crippen LogP contribution in [-0.4, -0.2) is 26.9 Å². The van der Waals surface area contributed by atoms with Crippen molar-refractivity contribution in [3.8, 4) is 18.1 Å². The molecule has 0 heterocycles. The van der Waals surface area contributed by atoms with Crippen LogP contribution in [0.3, 0.4) is 0 Å². The molecule has 0 radical (unpaired) electrons. The molecule has 1 aromatic rings. The summed E-state index contributed by atoms with van der Waals surface area (Å²) >= 11 is 0. The first-order chi connectivity index (χ1) is 7.86. The molecule has 0 aliphatic carbocycles. The first-order valence-electron chi connectivity index (χ1n) is 5.21. The van der Waals surface area contributed by atoms with E-state index in [1.165, 1.54) is 5.56 Å². The molecule has 86 valence electrons. The Morgan fingerprint density at radius 3 is 2.69 bits per heavy atom. The van der Waals surface area contributed by atoms with Crippen LogP contribution in [-0.2, 0) is 11.3 Å². The first-order valence-corrected chi connectivity index (χ1v) is 5.21. The first kappa shape index (κ1) is 12.6. The average molecular weight is 219 g/mol. The summed E-state index contributed by atoms with van der Waals surface area (Å²) in [4.78, 5) is 0. The highest BCUT2D eigenvalue weighted by Gasteiger charge is 1.94. The third-order valence-electron chi connectivity index (χ3n) is 2.06. The van der Waals surface area contributed by atoms with Crippen LogP contribution in [0.5, 0.6) is 5.75 Å². The zero-order valence-electron chi connectivity index (χ0n) is 9.53. The van der Waals surface area contributed by atoms with Crippen LogP contribution in [0.1, 0.15) is 5.56 Å². The molecular weight excluding hydrogens is 202 g/mol. The van der Waals surface area contributed by atoms with Gasteiger partial charge in [-0.1, -0.05) is 18.1 Å². The molecule has 16 heavy (non-hydrogen) atoms. The number of terminal acetylenes is 1. The van der Waals surface area contributed by atoms with Crippen molar-refractivity contribution in [2.45, 2.75) is 6.54 Å². The summed E-state index contributed by atoms with van der Waals surface area (Å²) in [5.74, 6) is 3.23. The standard InChI is InChI=1S/C13H17NO2/c1-3-9-16-13-6-4-12(5-7-13)11-14-8-10-15-2/h1,4-7,14H,8-11H2,2H3. The summed E-state index contributed by atoms with van der Waals surface area (Å²) in [7, 11) is 1.69. The quantitative estimate of drug-likeness (QED) is 0.556. The third-order valence-corrected chi connectivity index (χ3v) is 2.06. The highest BCUT2D eigenvalue weighted by Crippen LogP contribution is 2.11. The van der Waals surface area contributed by atoms with E-state index >= 15 is 0 Å². The van der Waals surface area contributed by atoms with E-state index in [4.69, 9.17) is 15.9 Å². The van der Waals surface area contributed by atoms with Crippen molar-refractivity contribution in [2.75, 3.05) is 26.9 Å². The molecular formula is C13H17NO2. The fraction of sp³-hybridized carbons (Fsp3) is 0.385. The Bertz CT molecular complexity index is 327. The van der Waals surface area contributed by atoms with Crippen LogP contribution in [0.2, 0.25) is 0 Å². The number of hydrogen-bond donors (Lipinski definition) is 1. The average Bonchev–Trinajstić information content (AvgIpc) is 2.33. The molecule has 3 nitrogen and oxygen atoms in total. The van der Waals surface area contributed by atoms with Gasteiger partial charge < -0.3 is 14.8 Å². The zero-order valence-corrected chi connectivity index (χ0v) is 9.53. The highest BCUT2D eigenvalue weighted by atomic mass is 16.5. The number of ether oxygens (including phenoxy) is 2. The van der Waals surface area contributed by atoms with E-state index in [0.717, 1.165) is 25.4 Å². The van der Waals surface area contributed by atoms with Gasteiger partial charge in [0.1, 0.15) is 12.4 Å². The van der Waals surface area contributed by atoms with E-state index in [9.17, 15) is 0 Å². The Balaban J connectivity index is 2.31. The molecule has 1 N–H and O–H groups in total. The molecule has 0 amide bonds. The minimum absolute atomic E-state index is 0.311. The van der Waals surface area contributed by atoms with Gasteiger partial charge in [0.2, 0.25) is 0 Å². The van der Waals surface area contributed by atoms with Gasteiger partial charge >= 0.3 is 0 Å². The molecule has 0 fully saturated rings. The molecule has 0 aliphatic heterocycles. The monoisotopic (exact) mass is 219 g/mol. The van der Waals surface area contributed by atoms with Gasteiger partial charge in [0.25, 0.3) is 0 Å². The van der Waals surface area contributed by atoms with Crippen LogP contribution >= 0.6 is 0 Å². The summed E-state index contributed by atoms with van der Waals surface area (Å²) in [6.07, 6.45) is 5.10. The summed E-state index contributed by atoms with van der Waals surface area (Å²) < 4.78 is 10.2. The number of methoxy groups -OCH3 is 1. The van der Waals surface area contributed by atoms with Crippen molar-refractivity contribution in [2.24, 2.45) is 0 Å². The fourth-order valence-corrected chi connectivity index (χ4v) is 1.24. The molecule has 0 saturated carbocycles. The summed E-state index contributed by atoms with van der Waals surface area (Å²) in [6.45, 7) is 2.72. The highest BCUT2D eigenvalue weighted by molar-refractivity contribution is 5.27. The minimum atomic E-state index is 0.311. The largest absolute Gasteiger partial charge is 0.481 e.